The minimum absolute atomic E-state index is 0. The van der Waals surface area contributed by atoms with E-state index in [1.165, 1.54) is 135 Å². The van der Waals surface area contributed by atoms with Gasteiger partial charge in [-0.2, -0.15) is 0 Å². The van der Waals surface area contributed by atoms with Gasteiger partial charge in [0, 0.05) is 0 Å². The van der Waals surface area contributed by atoms with Crippen LogP contribution in [0.2, 0.25) is 0 Å². The van der Waals surface area contributed by atoms with Crippen LogP contribution < -0.4 is 51.4 Å². The molecular formula is C23H49K. The molecule has 1 heteroatoms. The molecule has 0 saturated heterocycles. The Bertz CT molecular complexity index is 177. The van der Waals surface area contributed by atoms with Crippen LogP contribution in [0.25, 0.3) is 0 Å². The Hall–Kier alpha value is 1.64. The molecule has 0 aromatic heterocycles. The average molecular weight is 365 g/mol. The molecule has 0 fully saturated rings. The molecule has 0 bridgehead atoms. The Morgan fingerprint density at radius 3 is 0.542 bits per heavy atom. The van der Waals surface area contributed by atoms with Gasteiger partial charge in [-0.15, -0.1) is 0 Å². The van der Waals surface area contributed by atoms with Gasteiger partial charge in [0.2, 0.25) is 0 Å². The predicted molar refractivity (Wildman–Crippen MR) is 109 cm³/mol. The normalized spacial score (nSPS) is 10.8. The molecule has 0 atom stereocenters. The van der Waals surface area contributed by atoms with Crippen molar-refractivity contribution in [1.29, 1.82) is 0 Å². The molecule has 0 aromatic carbocycles. The molecule has 0 aliphatic carbocycles. The number of hydrogen-bond acceptors (Lipinski definition) is 0. The van der Waals surface area contributed by atoms with Gasteiger partial charge in [-0.25, -0.2) is 0 Å². The molecule has 0 nitrogen and oxygen atoms in total. The van der Waals surface area contributed by atoms with E-state index in [4.69, 9.17) is 0 Å². The fraction of sp³-hybridized carbons (Fsp3) is 1.00. The first-order chi connectivity index (χ1) is 11.4. The van der Waals surface area contributed by atoms with Crippen molar-refractivity contribution in [3.05, 3.63) is 0 Å². The first-order valence-electron chi connectivity index (χ1n) is 11.4. The third-order valence-electron chi connectivity index (χ3n) is 5.21. The second-order valence-electron chi connectivity index (χ2n) is 7.72. The van der Waals surface area contributed by atoms with Gasteiger partial charge in [0.1, 0.15) is 0 Å². The summed E-state index contributed by atoms with van der Waals surface area (Å²) < 4.78 is 0. The maximum Gasteiger partial charge on any atom is 1.00 e. The molecule has 0 unspecified atom stereocenters. The molecule has 142 valence electrons. The third kappa shape index (κ3) is 25.9. The minimum atomic E-state index is 0. The third-order valence-corrected chi connectivity index (χ3v) is 5.21. The first kappa shape index (κ1) is 27.9. The molecule has 0 amide bonds. The van der Waals surface area contributed by atoms with Gasteiger partial charge in [-0.3, -0.25) is 0 Å². The molecule has 0 radical (unpaired) electrons. The van der Waals surface area contributed by atoms with Crippen LogP contribution in [0.15, 0.2) is 0 Å². The van der Waals surface area contributed by atoms with Crippen molar-refractivity contribution >= 4 is 0 Å². The fourth-order valence-corrected chi connectivity index (χ4v) is 3.51. The topological polar surface area (TPSA) is 0 Å². The van der Waals surface area contributed by atoms with Crippen molar-refractivity contribution in [3.8, 4) is 0 Å². The van der Waals surface area contributed by atoms with E-state index in [1.54, 1.807) is 0 Å². The monoisotopic (exact) mass is 364 g/mol. The van der Waals surface area contributed by atoms with E-state index >= 15 is 0 Å². The summed E-state index contributed by atoms with van der Waals surface area (Å²) in [5.41, 5.74) is 0. The van der Waals surface area contributed by atoms with Crippen LogP contribution in [-0.2, 0) is 0 Å². The molecular weight excluding hydrogens is 315 g/mol. The second-order valence-corrected chi connectivity index (χ2v) is 7.72. The molecule has 0 N–H and O–H groups in total. The predicted octanol–water partition coefficient (Wildman–Crippen LogP) is 6.33. The Balaban J connectivity index is -0.00000242. The SMILES string of the molecule is CCCCCCCCCCCCCCCCCCCCCCC.[H-].[K+]. The van der Waals surface area contributed by atoms with Crippen LogP contribution in [0.1, 0.15) is 150 Å². The summed E-state index contributed by atoms with van der Waals surface area (Å²) in [6, 6.07) is 0. The van der Waals surface area contributed by atoms with Gasteiger partial charge in [0.15, 0.2) is 0 Å². The van der Waals surface area contributed by atoms with Gasteiger partial charge in [-0.05, 0) is 0 Å². The quantitative estimate of drug-likeness (QED) is 0.175. The van der Waals surface area contributed by atoms with Crippen LogP contribution in [0, 0.1) is 0 Å². The Morgan fingerprint density at radius 2 is 0.417 bits per heavy atom. The maximum absolute atomic E-state index is 2.30. The van der Waals surface area contributed by atoms with Crippen molar-refractivity contribution < 1.29 is 52.8 Å². The van der Waals surface area contributed by atoms with E-state index in [-0.39, 0.29) is 52.8 Å². The van der Waals surface area contributed by atoms with E-state index in [0.717, 1.165) is 0 Å². The summed E-state index contributed by atoms with van der Waals surface area (Å²) in [7, 11) is 0. The van der Waals surface area contributed by atoms with Crippen molar-refractivity contribution in [3.63, 3.8) is 0 Å². The van der Waals surface area contributed by atoms with Crippen LogP contribution in [0.5, 0.6) is 0 Å². The smallest absolute Gasteiger partial charge is 1.00 e. The largest absolute Gasteiger partial charge is 1.00 e. The zero-order chi connectivity index (χ0) is 16.8. The van der Waals surface area contributed by atoms with E-state index < -0.39 is 0 Å². The fourth-order valence-electron chi connectivity index (χ4n) is 3.51. The minimum Gasteiger partial charge on any atom is -1.00 e. The van der Waals surface area contributed by atoms with Crippen LogP contribution in [0.4, 0.5) is 0 Å². The number of hydrogen-bond donors (Lipinski definition) is 0. The van der Waals surface area contributed by atoms with E-state index in [1.807, 2.05) is 0 Å². The molecule has 0 saturated carbocycles. The van der Waals surface area contributed by atoms with Crippen LogP contribution in [0.3, 0.4) is 0 Å². The Kier molecular flexibility index (Phi) is 31.2. The summed E-state index contributed by atoms with van der Waals surface area (Å²) in [6.07, 6.45) is 30.9. The van der Waals surface area contributed by atoms with Gasteiger partial charge >= 0.3 is 51.4 Å². The van der Waals surface area contributed by atoms with Gasteiger partial charge in [0.25, 0.3) is 0 Å². The van der Waals surface area contributed by atoms with E-state index in [0.29, 0.717) is 0 Å². The van der Waals surface area contributed by atoms with Gasteiger partial charge in [0.05, 0.1) is 0 Å². The summed E-state index contributed by atoms with van der Waals surface area (Å²) >= 11 is 0. The summed E-state index contributed by atoms with van der Waals surface area (Å²) in [4.78, 5) is 0. The van der Waals surface area contributed by atoms with Gasteiger partial charge < -0.3 is 1.43 Å². The first-order valence-corrected chi connectivity index (χ1v) is 11.4. The van der Waals surface area contributed by atoms with Gasteiger partial charge in [-0.1, -0.05) is 149 Å². The average Bonchev–Trinajstić information content (AvgIpc) is 2.57. The molecule has 0 aliphatic rings. The Labute approximate surface area is 199 Å². The van der Waals surface area contributed by atoms with Crippen LogP contribution in [-0.4, -0.2) is 0 Å². The molecule has 24 heavy (non-hydrogen) atoms. The molecule has 0 rings (SSSR count). The number of unbranched alkanes of at least 4 members (excludes halogenated alkanes) is 20. The van der Waals surface area contributed by atoms with Crippen molar-refractivity contribution in [2.45, 2.75) is 149 Å². The van der Waals surface area contributed by atoms with Crippen molar-refractivity contribution in [2.24, 2.45) is 0 Å². The number of rotatable bonds is 20. The van der Waals surface area contributed by atoms with Crippen molar-refractivity contribution in [1.82, 2.24) is 0 Å². The maximum atomic E-state index is 2.30. The summed E-state index contributed by atoms with van der Waals surface area (Å²) in [5, 5.41) is 0. The second kappa shape index (κ2) is 26.9. The summed E-state index contributed by atoms with van der Waals surface area (Å²) in [5.74, 6) is 0. The Morgan fingerprint density at radius 1 is 0.292 bits per heavy atom. The summed E-state index contributed by atoms with van der Waals surface area (Å²) in [6.45, 7) is 4.60. The zero-order valence-electron chi connectivity index (χ0n) is 18.8. The zero-order valence-corrected chi connectivity index (χ0v) is 21.0. The van der Waals surface area contributed by atoms with Crippen LogP contribution >= 0.6 is 0 Å². The molecule has 0 aliphatic heterocycles. The molecule has 0 spiro atoms. The molecule has 0 heterocycles. The van der Waals surface area contributed by atoms with E-state index in [2.05, 4.69) is 13.8 Å². The van der Waals surface area contributed by atoms with Crippen molar-refractivity contribution in [2.75, 3.05) is 0 Å². The standard InChI is InChI=1S/C23H48.K.H/c1-3-5-7-9-11-13-15-17-19-21-23-22-20-18-16-14-12-10-8-6-4-2;;/h3-23H2,1-2H3;;/q;+1;-1. The molecule has 0 aromatic rings. The van der Waals surface area contributed by atoms with E-state index in [9.17, 15) is 0 Å².